The van der Waals surface area contributed by atoms with E-state index in [2.05, 4.69) is 10.1 Å². The molecule has 0 atom stereocenters. The van der Waals surface area contributed by atoms with E-state index >= 15 is 0 Å². The highest BCUT2D eigenvalue weighted by atomic mass is 32.1. The SMILES string of the molecule is COCCCc1noc(-c2c(N)sc(C)c2C)n1. The Labute approximate surface area is 110 Å². The molecular formula is C12H17N3O2S. The molecule has 6 heteroatoms. The highest BCUT2D eigenvalue weighted by molar-refractivity contribution is 7.16. The smallest absolute Gasteiger partial charge is 0.261 e. The van der Waals surface area contributed by atoms with Gasteiger partial charge in [0.15, 0.2) is 5.82 Å². The minimum Gasteiger partial charge on any atom is -0.390 e. The third-order valence-electron chi connectivity index (χ3n) is 2.84. The van der Waals surface area contributed by atoms with Crippen molar-refractivity contribution >= 4 is 16.3 Å². The molecule has 0 saturated heterocycles. The van der Waals surface area contributed by atoms with Crippen molar-refractivity contribution in [3.8, 4) is 11.5 Å². The molecule has 0 radical (unpaired) electrons. The first kappa shape index (κ1) is 13.0. The molecule has 0 amide bonds. The van der Waals surface area contributed by atoms with Crippen LogP contribution in [0.3, 0.4) is 0 Å². The Bertz CT molecular complexity index is 533. The van der Waals surface area contributed by atoms with E-state index < -0.39 is 0 Å². The fourth-order valence-corrected chi connectivity index (χ4v) is 2.68. The van der Waals surface area contributed by atoms with E-state index in [1.807, 2.05) is 13.8 Å². The number of hydrogen-bond acceptors (Lipinski definition) is 6. The number of thiophene rings is 1. The number of anilines is 1. The Morgan fingerprint density at radius 2 is 2.17 bits per heavy atom. The zero-order chi connectivity index (χ0) is 13.1. The lowest BCUT2D eigenvalue weighted by molar-refractivity contribution is 0.194. The summed E-state index contributed by atoms with van der Waals surface area (Å²) in [5.74, 6) is 1.21. The Kier molecular flexibility index (Phi) is 3.98. The number of aryl methyl sites for hydroxylation is 2. The van der Waals surface area contributed by atoms with Crippen molar-refractivity contribution in [2.45, 2.75) is 26.7 Å². The number of hydrogen-bond donors (Lipinski definition) is 1. The molecule has 0 saturated carbocycles. The van der Waals surface area contributed by atoms with E-state index in [4.69, 9.17) is 15.0 Å². The van der Waals surface area contributed by atoms with Crippen LogP contribution in [0.5, 0.6) is 0 Å². The van der Waals surface area contributed by atoms with Crippen LogP contribution in [0.4, 0.5) is 5.00 Å². The van der Waals surface area contributed by atoms with Gasteiger partial charge >= 0.3 is 0 Å². The average molecular weight is 267 g/mol. The van der Waals surface area contributed by atoms with Crippen LogP contribution in [0.25, 0.3) is 11.5 Å². The van der Waals surface area contributed by atoms with Gasteiger partial charge in [0.25, 0.3) is 5.89 Å². The lowest BCUT2D eigenvalue weighted by Crippen LogP contribution is -1.94. The molecule has 0 aromatic carbocycles. The predicted octanol–water partition coefficient (Wildman–Crippen LogP) is 2.58. The maximum atomic E-state index is 5.98. The zero-order valence-electron chi connectivity index (χ0n) is 10.8. The molecule has 0 aliphatic rings. The lowest BCUT2D eigenvalue weighted by atomic mass is 10.1. The van der Waals surface area contributed by atoms with Crippen molar-refractivity contribution < 1.29 is 9.26 Å². The summed E-state index contributed by atoms with van der Waals surface area (Å²) < 4.78 is 10.3. The van der Waals surface area contributed by atoms with Gasteiger partial charge < -0.3 is 15.0 Å². The predicted molar refractivity (Wildman–Crippen MR) is 71.7 cm³/mol. The van der Waals surface area contributed by atoms with Gasteiger partial charge in [-0.3, -0.25) is 0 Å². The molecule has 2 aromatic heterocycles. The van der Waals surface area contributed by atoms with Crippen molar-refractivity contribution in [1.29, 1.82) is 0 Å². The van der Waals surface area contributed by atoms with Crippen molar-refractivity contribution in [2.75, 3.05) is 19.5 Å². The van der Waals surface area contributed by atoms with Gasteiger partial charge in [-0.2, -0.15) is 4.98 Å². The van der Waals surface area contributed by atoms with Crippen molar-refractivity contribution in [3.05, 3.63) is 16.3 Å². The molecule has 2 N–H and O–H groups in total. The van der Waals surface area contributed by atoms with Crippen LogP contribution in [-0.2, 0) is 11.2 Å². The van der Waals surface area contributed by atoms with Gasteiger partial charge in [-0.25, -0.2) is 0 Å². The number of aromatic nitrogens is 2. The largest absolute Gasteiger partial charge is 0.390 e. The third kappa shape index (κ3) is 2.54. The van der Waals surface area contributed by atoms with Crippen LogP contribution in [0.2, 0.25) is 0 Å². The minimum absolute atomic E-state index is 0.516. The summed E-state index contributed by atoms with van der Waals surface area (Å²) >= 11 is 1.55. The van der Waals surface area contributed by atoms with Gasteiger partial charge in [0.2, 0.25) is 0 Å². The first-order valence-electron chi connectivity index (χ1n) is 5.80. The molecule has 18 heavy (non-hydrogen) atoms. The highest BCUT2D eigenvalue weighted by Gasteiger charge is 2.18. The molecule has 2 heterocycles. The van der Waals surface area contributed by atoms with E-state index in [-0.39, 0.29) is 0 Å². The summed E-state index contributed by atoms with van der Waals surface area (Å²) in [6.07, 6.45) is 1.63. The molecule has 0 bridgehead atoms. The third-order valence-corrected chi connectivity index (χ3v) is 3.88. The fraction of sp³-hybridized carbons (Fsp3) is 0.500. The Morgan fingerprint density at radius 1 is 1.39 bits per heavy atom. The second kappa shape index (κ2) is 5.49. The highest BCUT2D eigenvalue weighted by Crippen LogP contribution is 2.37. The van der Waals surface area contributed by atoms with E-state index in [1.54, 1.807) is 18.4 Å². The number of nitrogen functional groups attached to an aromatic ring is 1. The first-order valence-corrected chi connectivity index (χ1v) is 6.62. The Balaban J connectivity index is 2.19. The number of methoxy groups -OCH3 is 1. The first-order chi connectivity index (χ1) is 8.63. The molecule has 0 aliphatic carbocycles. The monoisotopic (exact) mass is 267 g/mol. The quantitative estimate of drug-likeness (QED) is 0.843. The van der Waals surface area contributed by atoms with Crippen molar-refractivity contribution in [1.82, 2.24) is 10.1 Å². The van der Waals surface area contributed by atoms with E-state index in [1.165, 1.54) is 4.88 Å². The van der Waals surface area contributed by atoms with Gasteiger partial charge in [0, 0.05) is 25.0 Å². The van der Waals surface area contributed by atoms with Crippen LogP contribution in [-0.4, -0.2) is 23.9 Å². The topological polar surface area (TPSA) is 74.2 Å². The summed E-state index contributed by atoms with van der Waals surface area (Å²) in [5, 5.41) is 4.70. The Morgan fingerprint density at radius 3 is 2.78 bits per heavy atom. The number of ether oxygens (including phenoxy) is 1. The molecular weight excluding hydrogens is 250 g/mol. The van der Waals surface area contributed by atoms with Crippen LogP contribution < -0.4 is 5.73 Å². The van der Waals surface area contributed by atoms with Gasteiger partial charge in [0.1, 0.15) is 0 Å². The van der Waals surface area contributed by atoms with Gasteiger partial charge in [-0.1, -0.05) is 5.16 Å². The second-order valence-corrected chi connectivity index (χ2v) is 5.39. The van der Waals surface area contributed by atoms with Crippen LogP contribution in [0, 0.1) is 13.8 Å². The number of nitrogens with two attached hydrogens (primary N) is 1. The Hall–Kier alpha value is -1.40. The van der Waals surface area contributed by atoms with Crippen molar-refractivity contribution in [2.24, 2.45) is 0 Å². The second-order valence-electron chi connectivity index (χ2n) is 4.13. The normalized spacial score (nSPS) is 11.1. The zero-order valence-corrected chi connectivity index (χ0v) is 11.6. The minimum atomic E-state index is 0.516. The number of rotatable bonds is 5. The molecule has 0 spiro atoms. The molecule has 98 valence electrons. The molecule has 2 rings (SSSR count). The molecule has 5 nitrogen and oxygen atoms in total. The van der Waals surface area contributed by atoms with E-state index in [9.17, 15) is 0 Å². The fourth-order valence-electron chi connectivity index (χ4n) is 1.75. The van der Waals surface area contributed by atoms with E-state index in [0.717, 1.165) is 29.0 Å². The summed E-state index contributed by atoms with van der Waals surface area (Å²) in [4.78, 5) is 5.56. The molecule has 2 aromatic rings. The van der Waals surface area contributed by atoms with Crippen LogP contribution in [0.1, 0.15) is 22.7 Å². The van der Waals surface area contributed by atoms with Crippen LogP contribution in [0.15, 0.2) is 4.52 Å². The summed E-state index contributed by atoms with van der Waals surface area (Å²) in [5.41, 5.74) is 7.97. The summed E-state index contributed by atoms with van der Waals surface area (Å²) in [7, 11) is 1.68. The standard InChI is InChI=1S/C12H17N3O2S/c1-7-8(2)18-11(13)10(7)12-14-9(15-17-12)5-4-6-16-3/h4-6,13H2,1-3H3. The van der Waals surface area contributed by atoms with Crippen LogP contribution >= 0.6 is 11.3 Å². The maximum Gasteiger partial charge on any atom is 0.261 e. The average Bonchev–Trinajstić information content (AvgIpc) is 2.86. The van der Waals surface area contributed by atoms with Gasteiger partial charge in [-0.05, 0) is 25.8 Å². The van der Waals surface area contributed by atoms with Gasteiger partial charge in [0.05, 0.1) is 10.6 Å². The summed E-state index contributed by atoms with van der Waals surface area (Å²) in [6.45, 7) is 4.75. The lowest BCUT2D eigenvalue weighted by Gasteiger charge is -1.95. The summed E-state index contributed by atoms with van der Waals surface area (Å²) in [6, 6.07) is 0. The van der Waals surface area contributed by atoms with Gasteiger partial charge in [-0.15, -0.1) is 11.3 Å². The maximum absolute atomic E-state index is 5.98. The van der Waals surface area contributed by atoms with Crippen molar-refractivity contribution in [3.63, 3.8) is 0 Å². The molecule has 0 aliphatic heterocycles. The number of nitrogens with zero attached hydrogens (tertiary/aromatic N) is 2. The van der Waals surface area contributed by atoms with E-state index in [0.29, 0.717) is 18.3 Å². The molecule has 0 unspecified atom stereocenters. The molecule has 0 fully saturated rings.